The molecule has 0 radical (unpaired) electrons. The first kappa shape index (κ1) is 16.9. The van der Waals surface area contributed by atoms with E-state index in [0.29, 0.717) is 0 Å². The van der Waals surface area contributed by atoms with Crippen LogP contribution in [0.5, 0.6) is 0 Å². The zero-order valence-electron chi connectivity index (χ0n) is 11.4. The van der Waals surface area contributed by atoms with Crippen LogP contribution in [0, 0.1) is 17.2 Å². The molecule has 0 heterocycles. The number of nitrogens with zero attached hydrogens (tertiary/aromatic N) is 2. The van der Waals surface area contributed by atoms with Gasteiger partial charge in [0.15, 0.2) is 0 Å². The first-order chi connectivity index (χ1) is 8.20. The van der Waals surface area contributed by atoms with Crippen molar-refractivity contribution in [1.29, 1.82) is 5.26 Å². The molecule has 100 valence electrons. The minimum Gasteiger partial charge on any atom is -0.305 e. The molecule has 0 saturated heterocycles. The second kappa shape index (κ2) is 12.4. The van der Waals surface area contributed by atoms with Crippen LogP contribution >= 0.6 is 15.9 Å². The molecule has 0 saturated carbocycles. The van der Waals surface area contributed by atoms with Gasteiger partial charge in [0.25, 0.3) is 0 Å². The third-order valence-corrected chi connectivity index (χ3v) is 3.54. The van der Waals surface area contributed by atoms with Crippen LogP contribution in [0.25, 0.3) is 0 Å². The van der Waals surface area contributed by atoms with Crippen LogP contribution in [0.2, 0.25) is 0 Å². The fourth-order valence-corrected chi connectivity index (χ4v) is 2.36. The molecule has 0 N–H and O–H groups in total. The molecule has 0 fully saturated rings. The predicted octanol–water partition coefficient (Wildman–Crippen LogP) is 4.20. The van der Waals surface area contributed by atoms with Crippen LogP contribution in [0.4, 0.5) is 0 Å². The molecule has 0 aliphatic rings. The van der Waals surface area contributed by atoms with Crippen LogP contribution in [-0.4, -0.2) is 30.4 Å². The van der Waals surface area contributed by atoms with Crippen molar-refractivity contribution < 1.29 is 0 Å². The number of alkyl halides is 1. The van der Waals surface area contributed by atoms with Crippen molar-refractivity contribution in [2.24, 2.45) is 5.92 Å². The summed E-state index contributed by atoms with van der Waals surface area (Å²) in [6.45, 7) is 4.02. The maximum atomic E-state index is 8.72. The largest absolute Gasteiger partial charge is 0.305 e. The second-order valence-corrected chi connectivity index (χ2v) is 5.75. The molecule has 0 spiro atoms. The second-order valence-electron chi connectivity index (χ2n) is 4.96. The van der Waals surface area contributed by atoms with E-state index in [4.69, 9.17) is 5.26 Å². The Balaban J connectivity index is 3.20. The van der Waals surface area contributed by atoms with Gasteiger partial charge in [-0.25, -0.2) is 0 Å². The van der Waals surface area contributed by atoms with Gasteiger partial charge in [-0.3, -0.25) is 0 Å². The van der Waals surface area contributed by atoms with E-state index in [0.717, 1.165) is 18.4 Å². The van der Waals surface area contributed by atoms with E-state index >= 15 is 0 Å². The van der Waals surface area contributed by atoms with Gasteiger partial charge >= 0.3 is 0 Å². The molecule has 0 bridgehead atoms. The van der Waals surface area contributed by atoms with Crippen molar-refractivity contribution in [2.75, 3.05) is 25.5 Å². The van der Waals surface area contributed by atoms with Crippen molar-refractivity contribution in [3.8, 4) is 6.07 Å². The Kier molecular flexibility index (Phi) is 12.3. The normalized spacial score (nSPS) is 12.6. The molecule has 1 unspecified atom stereocenters. The van der Waals surface area contributed by atoms with E-state index < -0.39 is 0 Å². The summed E-state index contributed by atoms with van der Waals surface area (Å²) in [6.07, 6.45) is 9.41. The average molecular weight is 303 g/mol. The fraction of sp³-hybridized carbons (Fsp3) is 0.929. The Bertz CT molecular complexity index is 201. The summed E-state index contributed by atoms with van der Waals surface area (Å²) in [5.74, 6) is 0.157. The van der Waals surface area contributed by atoms with Crippen molar-refractivity contribution in [3.63, 3.8) is 0 Å². The SMILES string of the molecule is CC(C#N)CN(C)CCCCCCCCCBr. The van der Waals surface area contributed by atoms with Gasteiger partial charge in [-0.15, -0.1) is 0 Å². The maximum Gasteiger partial charge on any atom is 0.0666 e. The third-order valence-electron chi connectivity index (χ3n) is 2.98. The fourth-order valence-electron chi connectivity index (χ4n) is 1.96. The Morgan fingerprint density at radius 2 is 1.59 bits per heavy atom. The minimum absolute atomic E-state index is 0.157. The Hall–Kier alpha value is -0.0700. The molecule has 0 amide bonds. The molecule has 0 aromatic carbocycles. The molecule has 0 aromatic rings. The predicted molar refractivity (Wildman–Crippen MR) is 78.4 cm³/mol. The number of nitriles is 1. The Morgan fingerprint density at radius 1 is 1.06 bits per heavy atom. The van der Waals surface area contributed by atoms with Gasteiger partial charge in [-0.05, 0) is 33.4 Å². The highest BCUT2D eigenvalue weighted by Gasteiger charge is 2.04. The summed E-state index contributed by atoms with van der Waals surface area (Å²) < 4.78 is 0. The number of unbranched alkanes of at least 4 members (excludes halogenated alkanes) is 6. The third kappa shape index (κ3) is 12.2. The van der Waals surface area contributed by atoms with Crippen molar-refractivity contribution in [1.82, 2.24) is 4.90 Å². The summed E-state index contributed by atoms with van der Waals surface area (Å²) in [5, 5.41) is 9.86. The molecule has 2 nitrogen and oxygen atoms in total. The van der Waals surface area contributed by atoms with Crippen molar-refractivity contribution in [2.45, 2.75) is 51.9 Å². The molecule has 1 atom stereocenters. The van der Waals surface area contributed by atoms with Gasteiger partial charge in [0.05, 0.1) is 12.0 Å². The van der Waals surface area contributed by atoms with Crippen LogP contribution < -0.4 is 0 Å². The molecule has 0 aliphatic heterocycles. The van der Waals surface area contributed by atoms with Gasteiger partial charge in [0, 0.05) is 11.9 Å². The summed E-state index contributed by atoms with van der Waals surface area (Å²) in [4.78, 5) is 2.28. The molecule has 0 aliphatic carbocycles. The van der Waals surface area contributed by atoms with E-state index in [2.05, 4.69) is 33.9 Å². The number of rotatable bonds is 11. The van der Waals surface area contributed by atoms with E-state index in [1.54, 1.807) is 0 Å². The zero-order valence-corrected chi connectivity index (χ0v) is 13.0. The summed E-state index contributed by atoms with van der Waals surface area (Å²) in [6, 6.07) is 2.28. The van der Waals surface area contributed by atoms with Crippen LogP contribution in [0.3, 0.4) is 0 Å². The zero-order chi connectivity index (χ0) is 12.9. The standard InChI is InChI=1S/C14H27BrN2/c1-14(12-16)13-17(2)11-9-7-5-3-4-6-8-10-15/h14H,3-11,13H2,1-2H3. The van der Waals surface area contributed by atoms with Gasteiger partial charge in [0.2, 0.25) is 0 Å². The monoisotopic (exact) mass is 302 g/mol. The highest BCUT2D eigenvalue weighted by molar-refractivity contribution is 9.09. The maximum absolute atomic E-state index is 8.72. The summed E-state index contributed by atoms with van der Waals surface area (Å²) in [7, 11) is 2.11. The molecule has 17 heavy (non-hydrogen) atoms. The lowest BCUT2D eigenvalue weighted by molar-refractivity contribution is 0.302. The highest BCUT2D eigenvalue weighted by atomic mass is 79.9. The van der Waals surface area contributed by atoms with Crippen LogP contribution in [0.1, 0.15) is 51.9 Å². The lowest BCUT2D eigenvalue weighted by atomic mass is 10.1. The van der Waals surface area contributed by atoms with Crippen LogP contribution in [-0.2, 0) is 0 Å². The summed E-state index contributed by atoms with van der Waals surface area (Å²) in [5.41, 5.74) is 0. The van der Waals surface area contributed by atoms with Crippen LogP contribution in [0.15, 0.2) is 0 Å². The van der Waals surface area contributed by atoms with Gasteiger partial charge < -0.3 is 4.90 Å². The first-order valence-corrected chi connectivity index (χ1v) is 7.97. The summed E-state index contributed by atoms with van der Waals surface area (Å²) >= 11 is 3.46. The van der Waals surface area contributed by atoms with E-state index in [9.17, 15) is 0 Å². The lowest BCUT2D eigenvalue weighted by Gasteiger charge is -2.17. The highest BCUT2D eigenvalue weighted by Crippen LogP contribution is 2.08. The molecular formula is C14H27BrN2. The van der Waals surface area contributed by atoms with Crippen molar-refractivity contribution >= 4 is 15.9 Å². The van der Waals surface area contributed by atoms with Crippen molar-refractivity contribution in [3.05, 3.63) is 0 Å². The van der Waals surface area contributed by atoms with E-state index in [1.165, 1.54) is 44.9 Å². The molecular weight excluding hydrogens is 276 g/mol. The van der Waals surface area contributed by atoms with E-state index in [-0.39, 0.29) is 5.92 Å². The van der Waals surface area contributed by atoms with Gasteiger partial charge in [-0.2, -0.15) is 5.26 Å². The minimum atomic E-state index is 0.157. The van der Waals surface area contributed by atoms with Gasteiger partial charge in [0.1, 0.15) is 0 Å². The van der Waals surface area contributed by atoms with Gasteiger partial charge in [-0.1, -0.05) is 48.0 Å². The first-order valence-electron chi connectivity index (χ1n) is 6.84. The Morgan fingerprint density at radius 3 is 2.12 bits per heavy atom. The number of halogens is 1. The topological polar surface area (TPSA) is 27.0 Å². The van der Waals surface area contributed by atoms with E-state index in [1.807, 2.05) is 6.92 Å². The Labute approximate surface area is 116 Å². The number of hydrogen-bond donors (Lipinski definition) is 0. The lowest BCUT2D eigenvalue weighted by Crippen LogP contribution is -2.24. The molecule has 0 aromatic heterocycles. The molecule has 3 heteroatoms. The number of hydrogen-bond acceptors (Lipinski definition) is 2. The smallest absolute Gasteiger partial charge is 0.0666 e. The average Bonchev–Trinajstić information content (AvgIpc) is 2.32. The quantitative estimate of drug-likeness (QED) is 0.422. The molecule has 0 rings (SSSR count).